The molecule has 0 bridgehead atoms. The van der Waals surface area contributed by atoms with Crippen LogP contribution in [0.2, 0.25) is 0 Å². The summed E-state index contributed by atoms with van der Waals surface area (Å²) in [6.45, 7) is 0.876. The molecule has 9 heteroatoms. The number of nitrogens with zero attached hydrogens (tertiary/aromatic N) is 3. The molecule has 1 fully saturated rings. The van der Waals surface area contributed by atoms with E-state index in [9.17, 15) is 13.6 Å². The molecule has 1 aromatic carbocycles. The van der Waals surface area contributed by atoms with Crippen LogP contribution in [-0.4, -0.2) is 41.0 Å². The van der Waals surface area contributed by atoms with Gasteiger partial charge >= 0.3 is 5.97 Å². The monoisotopic (exact) mass is 327 g/mol. The number of carbonyl (C=O) groups excluding carboxylic acids is 1. The average molecular weight is 327 g/mol. The van der Waals surface area contributed by atoms with E-state index in [0.29, 0.717) is 18.9 Å². The molecule has 1 aliphatic heterocycles. The summed E-state index contributed by atoms with van der Waals surface area (Å²) in [5.74, 6) is -1.38. The maximum absolute atomic E-state index is 13.1. The lowest BCUT2D eigenvalue weighted by Crippen LogP contribution is -2.54. The Labute approximate surface area is 128 Å². The highest BCUT2D eigenvalue weighted by Gasteiger charge is 2.34. The number of anilines is 1. The number of hydrogen-bond donors (Lipinski definition) is 0. The molecule has 0 N–H and O–H groups in total. The molecule has 22 heavy (non-hydrogen) atoms. The molecule has 0 amide bonds. The van der Waals surface area contributed by atoms with Gasteiger partial charge in [-0.2, -0.15) is 8.75 Å². The van der Waals surface area contributed by atoms with E-state index in [4.69, 9.17) is 4.74 Å². The van der Waals surface area contributed by atoms with Crippen molar-refractivity contribution in [2.75, 3.05) is 25.1 Å². The molecule has 0 saturated carbocycles. The minimum Gasteiger partial charge on any atom is -0.487 e. The molecular formula is C13H11F2N3O3S. The molecule has 1 saturated heterocycles. The fourth-order valence-electron chi connectivity index (χ4n) is 2.09. The van der Waals surface area contributed by atoms with Crippen molar-refractivity contribution in [3.63, 3.8) is 0 Å². The molecule has 2 aromatic rings. The predicted octanol–water partition coefficient (Wildman–Crippen LogP) is 1.87. The Morgan fingerprint density at radius 3 is 2.59 bits per heavy atom. The number of hydrogen-bond acceptors (Lipinski definition) is 7. The topological polar surface area (TPSA) is 64.5 Å². The van der Waals surface area contributed by atoms with Crippen LogP contribution >= 0.6 is 11.7 Å². The number of rotatable bonds is 4. The fraction of sp³-hybridized carbons (Fsp3) is 0.308. The summed E-state index contributed by atoms with van der Waals surface area (Å²) in [7, 11) is 1.27. The molecule has 0 spiro atoms. The first-order valence-corrected chi connectivity index (χ1v) is 7.08. The molecule has 0 aliphatic carbocycles. The molecule has 6 nitrogen and oxygen atoms in total. The van der Waals surface area contributed by atoms with Crippen molar-refractivity contribution in [1.82, 2.24) is 8.75 Å². The number of ether oxygens (including phenoxy) is 2. The van der Waals surface area contributed by atoms with Crippen molar-refractivity contribution >= 4 is 23.5 Å². The van der Waals surface area contributed by atoms with Crippen molar-refractivity contribution in [2.24, 2.45) is 0 Å². The highest BCUT2D eigenvalue weighted by molar-refractivity contribution is 6.99. The Bertz CT molecular complexity index is 683. The van der Waals surface area contributed by atoms with Crippen molar-refractivity contribution in [3.05, 3.63) is 35.5 Å². The highest BCUT2D eigenvalue weighted by Crippen LogP contribution is 2.27. The number of methoxy groups -OCH3 is 1. The molecule has 2 heterocycles. The quantitative estimate of drug-likeness (QED) is 0.799. The van der Waals surface area contributed by atoms with Gasteiger partial charge in [0.1, 0.15) is 23.5 Å². The van der Waals surface area contributed by atoms with Crippen LogP contribution in [0, 0.1) is 11.6 Å². The molecule has 3 rings (SSSR count). The van der Waals surface area contributed by atoms with Crippen LogP contribution in [0.4, 0.5) is 14.6 Å². The number of halogens is 2. The fourth-order valence-corrected chi connectivity index (χ4v) is 2.65. The third kappa shape index (κ3) is 2.84. The second-order valence-electron chi connectivity index (χ2n) is 4.68. The maximum Gasteiger partial charge on any atom is 0.361 e. The first-order chi connectivity index (χ1) is 10.6. The van der Waals surface area contributed by atoms with Crippen LogP contribution in [0.3, 0.4) is 0 Å². The molecule has 1 aliphatic rings. The summed E-state index contributed by atoms with van der Waals surface area (Å²) >= 11 is 0.914. The van der Waals surface area contributed by atoms with Crippen LogP contribution in [0.15, 0.2) is 18.2 Å². The van der Waals surface area contributed by atoms with Gasteiger partial charge in [0, 0.05) is 18.2 Å². The van der Waals surface area contributed by atoms with Crippen LogP contribution in [0.1, 0.15) is 10.5 Å². The van der Waals surface area contributed by atoms with E-state index in [-0.39, 0.29) is 17.5 Å². The van der Waals surface area contributed by atoms with Gasteiger partial charge in [-0.1, -0.05) is 0 Å². The summed E-state index contributed by atoms with van der Waals surface area (Å²) < 4.78 is 44.2. The van der Waals surface area contributed by atoms with Crippen LogP contribution in [0.5, 0.6) is 5.75 Å². The standard InChI is InChI=1S/C13H11F2N3O3S/c1-20-13(19)11-12(17-22-16-11)18-5-10(6-18)21-9-3-7(14)2-8(15)4-9/h2-4,10H,5-6H2,1H3. The van der Waals surface area contributed by atoms with Gasteiger partial charge in [-0.25, -0.2) is 13.6 Å². The Morgan fingerprint density at radius 2 is 1.95 bits per heavy atom. The number of benzene rings is 1. The average Bonchev–Trinajstić information content (AvgIpc) is 2.89. The van der Waals surface area contributed by atoms with Crippen molar-refractivity contribution in [2.45, 2.75) is 6.10 Å². The molecule has 0 radical (unpaired) electrons. The zero-order chi connectivity index (χ0) is 15.7. The summed E-state index contributed by atoms with van der Waals surface area (Å²) in [6, 6.07) is 3.02. The van der Waals surface area contributed by atoms with Gasteiger partial charge in [-0.15, -0.1) is 0 Å². The first kappa shape index (κ1) is 14.6. The predicted molar refractivity (Wildman–Crippen MR) is 74.2 cm³/mol. The number of aromatic nitrogens is 2. The summed E-state index contributed by atoms with van der Waals surface area (Å²) in [5.41, 5.74) is 0.155. The van der Waals surface area contributed by atoms with Gasteiger partial charge in [0.05, 0.1) is 31.9 Å². The Balaban J connectivity index is 1.63. The Kier molecular flexibility index (Phi) is 3.88. The first-order valence-electron chi connectivity index (χ1n) is 6.35. The molecular weight excluding hydrogens is 316 g/mol. The highest BCUT2D eigenvalue weighted by atomic mass is 32.1. The Morgan fingerprint density at radius 1 is 1.27 bits per heavy atom. The zero-order valence-corrected chi connectivity index (χ0v) is 12.3. The van der Waals surface area contributed by atoms with E-state index < -0.39 is 17.6 Å². The molecule has 1 aromatic heterocycles. The second kappa shape index (κ2) is 5.84. The lowest BCUT2D eigenvalue weighted by molar-refractivity contribution is 0.0594. The third-order valence-corrected chi connectivity index (χ3v) is 3.66. The molecule has 0 unspecified atom stereocenters. The SMILES string of the molecule is COC(=O)c1nsnc1N1CC(Oc2cc(F)cc(F)c2)C1. The second-order valence-corrected chi connectivity index (χ2v) is 5.21. The van der Waals surface area contributed by atoms with Gasteiger partial charge in [-0.3, -0.25) is 0 Å². The van der Waals surface area contributed by atoms with Crippen LogP contribution < -0.4 is 9.64 Å². The zero-order valence-electron chi connectivity index (χ0n) is 11.5. The molecule has 116 valence electrons. The largest absolute Gasteiger partial charge is 0.487 e. The summed E-state index contributed by atoms with van der Waals surface area (Å²) in [5, 5.41) is 0. The minimum absolute atomic E-state index is 0.131. The van der Waals surface area contributed by atoms with E-state index >= 15 is 0 Å². The lowest BCUT2D eigenvalue weighted by Gasteiger charge is -2.39. The van der Waals surface area contributed by atoms with Gasteiger partial charge in [0.25, 0.3) is 0 Å². The summed E-state index contributed by atoms with van der Waals surface area (Å²) in [4.78, 5) is 13.3. The van der Waals surface area contributed by atoms with E-state index in [1.54, 1.807) is 4.90 Å². The van der Waals surface area contributed by atoms with Gasteiger partial charge < -0.3 is 14.4 Å². The normalized spacial score (nSPS) is 14.6. The van der Waals surface area contributed by atoms with Crippen LogP contribution in [-0.2, 0) is 4.74 Å². The van der Waals surface area contributed by atoms with E-state index in [0.717, 1.165) is 29.9 Å². The van der Waals surface area contributed by atoms with Crippen molar-refractivity contribution in [1.29, 1.82) is 0 Å². The number of esters is 1. The summed E-state index contributed by atoms with van der Waals surface area (Å²) in [6.07, 6.45) is -0.242. The smallest absolute Gasteiger partial charge is 0.361 e. The third-order valence-electron chi connectivity index (χ3n) is 3.14. The van der Waals surface area contributed by atoms with Gasteiger partial charge in [0.15, 0.2) is 5.82 Å². The van der Waals surface area contributed by atoms with E-state index in [1.165, 1.54) is 7.11 Å². The van der Waals surface area contributed by atoms with E-state index in [2.05, 4.69) is 13.5 Å². The van der Waals surface area contributed by atoms with Crippen LogP contribution in [0.25, 0.3) is 0 Å². The van der Waals surface area contributed by atoms with Crippen molar-refractivity contribution in [3.8, 4) is 5.75 Å². The van der Waals surface area contributed by atoms with E-state index in [1.807, 2.05) is 0 Å². The number of carbonyl (C=O) groups is 1. The minimum atomic E-state index is -0.692. The maximum atomic E-state index is 13.1. The van der Waals surface area contributed by atoms with Gasteiger partial charge in [-0.05, 0) is 0 Å². The van der Waals surface area contributed by atoms with Crippen molar-refractivity contribution < 1.29 is 23.0 Å². The lowest BCUT2D eigenvalue weighted by atomic mass is 10.1. The molecule has 0 atom stereocenters. The Hall–Kier alpha value is -2.29. The van der Waals surface area contributed by atoms with Gasteiger partial charge in [0.2, 0.25) is 5.69 Å².